The number of amides is 1. The third kappa shape index (κ3) is 3.24. The molecule has 0 aliphatic carbocycles. The summed E-state index contributed by atoms with van der Waals surface area (Å²) in [6.45, 7) is 4.99. The molecule has 0 saturated carbocycles. The highest BCUT2D eigenvalue weighted by Gasteiger charge is 2.30. The van der Waals surface area contributed by atoms with Gasteiger partial charge in [0.25, 0.3) is 5.91 Å². The third-order valence-electron chi connectivity index (χ3n) is 4.41. The summed E-state index contributed by atoms with van der Waals surface area (Å²) >= 11 is 0. The summed E-state index contributed by atoms with van der Waals surface area (Å²) in [6, 6.07) is 0.306. The number of aromatic hydroxyl groups is 1. The van der Waals surface area contributed by atoms with Crippen LogP contribution in [0.2, 0.25) is 0 Å². The number of hydrogen-bond donors (Lipinski definition) is 1. The average molecular weight is 370 g/mol. The smallest absolute Gasteiger partial charge is 0.257 e. The van der Waals surface area contributed by atoms with Crippen molar-refractivity contribution < 1.29 is 27.6 Å². The SMILES string of the molecule is Cc1noc(C(C)N2CCN(C(=O)c3cc(F)c(F)c(O)c3F)CC2)n1. The fourth-order valence-corrected chi connectivity index (χ4v) is 2.87. The van der Waals surface area contributed by atoms with Crippen molar-refractivity contribution in [2.45, 2.75) is 19.9 Å². The number of piperazine rings is 1. The van der Waals surface area contributed by atoms with E-state index in [0.29, 0.717) is 30.9 Å². The number of aromatic nitrogens is 2. The highest BCUT2D eigenvalue weighted by atomic mass is 19.2. The Hall–Kier alpha value is -2.62. The van der Waals surface area contributed by atoms with Gasteiger partial charge in [0.15, 0.2) is 23.2 Å². The number of phenols is 1. The number of phenolic OH excluding ortho intramolecular Hbond substituents is 1. The molecule has 0 spiro atoms. The van der Waals surface area contributed by atoms with Gasteiger partial charge in [0.2, 0.25) is 11.7 Å². The van der Waals surface area contributed by atoms with Gasteiger partial charge in [-0.25, -0.2) is 8.78 Å². The first-order valence-electron chi connectivity index (χ1n) is 7.99. The van der Waals surface area contributed by atoms with Crippen LogP contribution in [0.15, 0.2) is 10.6 Å². The van der Waals surface area contributed by atoms with Crippen LogP contribution in [0, 0.1) is 24.4 Å². The standard InChI is InChI=1S/C16H17F3N4O3/c1-8(15-20-9(2)21-26-15)22-3-5-23(6-4-22)16(25)10-7-11(17)13(19)14(24)12(10)18/h7-8,24H,3-6H2,1-2H3. The van der Waals surface area contributed by atoms with Gasteiger partial charge in [0.1, 0.15) is 0 Å². The van der Waals surface area contributed by atoms with Crippen molar-refractivity contribution in [3.05, 3.63) is 40.8 Å². The lowest BCUT2D eigenvalue weighted by atomic mass is 10.1. The van der Waals surface area contributed by atoms with Crippen molar-refractivity contribution in [3.63, 3.8) is 0 Å². The van der Waals surface area contributed by atoms with Gasteiger partial charge in [-0.15, -0.1) is 0 Å². The van der Waals surface area contributed by atoms with Gasteiger partial charge in [-0.2, -0.15) is 9.37 Å². The zero-order chi connectivity index (χ0) is 19.0. The lowest BCUT2D eigenvalue weighted by Crippen LogP contribution is -2.49. The molecule has 3 rings (SSSR count). The first-order valence-corrected chi connectivity index (χ1v) is 7.99. The number of rotatable bonds is 3. The molecule has 26 heavy (non-hydrogen) atoms. The predicted octanol–water partition coefficient (Wildman–Crippen LogP) is 2.02. The van der Waals surface area contributed by atoms with E-state index in [1.54, 1.807) is 6.92 Å². The highest BCUT2D eigenvalue weighted by molar-refractivity contribution is 5.95. The number of benzene rings is 1. The van der Waals surface area contributed by atoms with Crippen LogP contribution in [-0.4, -0.2) is 57.1 Å². The van der Waals surface area contributed by atoms with Crippen LogP contribution in [0.1, 0.15) is 35.0 Å². The van der Waals surface area contributed by atoms with Crippen molar-refractivity contribution in [1.82, 2.24) is 19.9 Å². The van der Waals surface area contributed by atoms with Crippen LogP contribution in [0.4, 0.5) is 13.2 Å². The number of carbonyl (C=O) groups excluding carboxylic acids is 1. The molecule has 7 nitrogen and oxygen atoms in total. The Morgan fingerprint density at radius 1 is 1.23 bits per heavy atom. The van der Waals surface area contributed by atoms with E-state index in [4.69, 9.17) is 4.52 Å². The van der Waals surface area contributed by atoms with E-state index < -0.39 is 34.7 Å². The van der Waals surface area contributed by atoms with Gasteiger partial charge in [0, 0.05) is 26.2 Å². The largest absolute Gasteiger partial charge is 0.503 e. The van der Waals surface area contributed by atoms with E-state index in [9.17, 15) is 23.1 Å². The third-order valence-corrected chi connectivity index (χ3v) is 4.41. The molecular weight excluding hydrogens is 353 g/mol. The second-order valence-electron chi connectivity index (χ2n) is 6.07. The molecule has 0 radical (unpaired) electrons. The molecule has 140 valence electrons. The van der Waals surface area contributed by atoms with E-state index in [1.165, 1.54) is 4.90 Å². The second kappa shape index (κ2) is 6.94. The zero-order valence-corrected chi connectivity index (χ0v) is 14.2. The quantitative estimate of drug-likeness (QED) is 0.833. The molecule has 10 heteroatoms. The van der Waals surface area contributed by atoms with Gasteiger partial charge < -0.3 is 14.5 Å². The van der Waals surface area contributed by atoms with Gasteiger partial charge in [0.05, 0.1) is 11.6 Å². The molecule has 2 heterocycles. The maximum Gasteiger partial charge on any atom is 0.257 e. The van der Waals surface area contributed by atoms with E-state index in [-0.39, 0.29) is 19.1 Å². The van der Waals surface area contributed by atoms with E-state index in [0.717, 1.165) is 0 Å². The second-order valence-corrected chi connectivity index (χ2v) is 6.07. The summed E-state index contributed by atoms with van der Waals surface area (Å²) in [4.78, 5) is 19.9. The lowest BCUT2D eigenvalue weighted by Gasteiger charge is -2.36. The van der Waals surface area contributed by atoms with Crippen molar-refractivity contribution >= 4 is 5.91 Å². The number of carbonyl (C=O) groups is 1. The minimum absolute atomic E-state index is 0.155. The molecule has 1 aromatic heterocycles. The van der Waals surface area contributed by atoms with Crippen LogP contribution in [0.25, 0.3) is 0 Å². The first kappa shape index (κ1) is 18.2. The van der Waals surface area contributed by atoms with Crippen LogP contribution < -0.4 is 0 Å². The van der Waals surface area contributed by atoms with Crippen LogP contribution >= 0.6 is 0 Å². The molecule has 1 aliphatic heterocycles. The van der Waals surface area contributed by atoms with E-state index in [2.05, 4.69) is 10.1 Å². The molecule has 2 aromatic rings. The summed E-state index contributed by atoms with van der Waals surface area (Å²) in [5.74, 6) is -5.98. The monoisotopic (exact) mass is 370 g/mol. The Kier molecular flexibility index (Phi) is 4.86. The maximum atomic E-state index is 13.9. The molecule has 1 saturated heterocycles. The fourth-order valence-electron chi connectivity index (χ4n) is 2.87. The molecular formula is C16H17F3N4O3. The van der Waals surface area contributed by atoms with Crippen molar-refractivity contribution in [1.29, 1.82) is 0 Å². The molecule has 1 amide bonds. The van der Waals surface area contributed by atoms with Crippen LogP contribution in [0.3, 0.4) is 0 Å². The topological polar surface area (TPSA) is 82.7 Å². The number of aryl methyl sites for hydroxylation is 1. The minimum Gasteiger partial charge on any atom is -0.503 e. The van der Waals surface area contributed by atoms with Gasteiger partial charge in [-0.1, -0.05) is 5.16 Å². The Labute approximate surface area is 147 Å². The van der Waals surface area contributed by atoms with Gasteiger partial charge in [-0.3, -0.25) is 9.69 Å². The summed E-state index contributed by atoms with van der Waals surface area (Å²) in [7, 11) is 0. The summed E-state index contributed by atoms with van der Waals surface area (Å²) in [6.07, 6.45) is 0. The molecule has 0 bridgehead atoms. The predicted molar refractivity (Wildman–Crippen MR) is 82.9 cm³/mol. The van der Waals surface area contributed by atoms with Gasteiger partial charge in [-0.05, 0) is 19.9 Å². The lowest BCUT2D eigenvalue weighted by molar-refractivity contribution is 0.0546. The Morgan fingerprint density at radius 2 is 1.88 bits per heavy atom. The van der Waals surface area contributed by atoms with Gasteiger partial charge >= 0.3 is 0 Å². The molecule has 1 atom stereocenters. The van der Waals surface area contributed by atoms with Crippen molar-refractivity contribution in [2.24, 2.45) is 0 Å². The Bertz CT molecular complexity index is 834. The van der Waals surface area contributed by atoms with Crippen LogP contribution in [-0.2, 0) is 0 Å². The first-order chi connectivity index (χ1) is 12.3. The molecule has 1 N–H and O–H groups in total. The van der Waals surface area contributed by atoms with Crippen molar-refractivity contribution in [2.75, 3.05) is 26.2 Å². The molecule has 1 unspecified atom stereocenters. The molecule has 1 aromatic carbocycles. The zero-order valence-electron chi connectivity index (χ0n) is 14.2. The van der Waals surface area contributed by atoms with E-state index >= 15 is 0 Å². The number of halogens is 3. The van der Waals surface area contributed by atoms with E-state index in [1.807, 2.05) is 11.8 Å². The molecule has 1 aliphatic rings. The summed E-state index contributed by atoms with van der Waals surface area (Å²) in [5.41, 5.74) is -0.699. The van der Waals surface area contributed by atoms with Crippen molar-refractivity contribution in [3.8, 4) is 5.75 Å². The average Bonchev–Trinajstić information content (AvgIpc) is 3.08. The highest BCUT2D eigenvalue weighted by Crippen LogP contribution is 2.27. The number of hydrogen-bond acceptors (Lipinski definition) is 6. The number of nitrogens with zero attached hydrogens (tertiary/aromatic N) is 4. The summed E-state index contributed by atoms with van der Waals surface area (Å²) < 4.78 is 45.6. The normalized spacial score (nSPS) is 16.7. The molecule has 1 fully saturated rings. The van der Waals surface area contributed by atoms with Crippen LogP contribution in [0.5, 0.6) is 5.75 Å². The fraction of sp³-hybridized carbons (Fsp3) is 0.438. The minimum atomic E-state index is -1.72. The summed E-state index contributed by atoms with van der Waals surface area (Å²) in [5, 5.41) is 13.0. The Morgan fingerprint density at radius 3 is 2.46 bits per heavy atom. The Balaban J connectivity index is 1.69. The maximum absolute atomic E-state index is 13.9.